The molecule has 5 nitrogen and oxygen atoms in total. The molecule has 2 heterocycles. The molecule has 0 radical (unpaired) electrons. The summed E-state index contributed by atoms with van der Waals surface area (Å²) in [4.78, 5) is 13.9. The Bertz CT molecular complexity index is 713. The highest BCUT2D eigenvalue weighted by Gasteiger charge is 2.25. The molecule has 23 heavy (non-hydrogen) atoms. The van der Waals surface area contributed by atoms with Gasteiger partial charge in [-0.1, -0.05) is 13.3 Å². The van der Waals surface area contributed by atoms with Crippen LogP contribution in [0.1, 0.15) is 48.7 Å². The van der Waals surface area contributed by atoms with E-state index in [1.165, 1.54) is 0 Å². The molecule has 0 aliphatic carbocycles. The van der Waals surface area contributed by atoms with Crippen molar-refractivity contribution in [2.45, 2.75) is 39.0 Å². The van der Waals surface area contributed by atoms with Gasteiger partial charge in [-0.15, -0.1) is 0 Å². The number of aromatic carboxylic acids is 1. The number of anilines is 1. The molecule has 1 aromatic carbocycles. The van der Waals surface area contributed by atoms with Gasteiger partial charge >= 0.3 is 5.97 Å². The Balaban J connectivity index is 2.23. The van der Waals surface area contributed by atoms with E-state index >= 15 is 0 Å². The number of fused-ring (bicyclic) bond motifs is 1. The second kappa shape index (κ2) is 6.52. The van der Waals surface area contributed by atoms with Crippen molar-refractivity contribution in [2.75, 3.05) is 25.1 Å². The van der Waals surface area contributed by atoms with Crippen LogP contribution in [0.4, 0.5) is 5.69 Å². The number of hydrogen-bond acceptors (Lipinski definition) is 4. The molecule has 0 bridgehead atoms. The molecule has 0 saturated carbocycles. The summed E-state index contributed by atoms with van der Waals surface area (Å²) in [5, 5.41) is 10.5. The molecule has 1 saturated heterocycles. The first-order valence-electron chi connectivity index (χ1n) is 8.27. The lowest BCUT2D eigenvalue weighted by atomic mass is 10.0. The second-order valence-electron chi connectivity index (χ2n) is 6.03. The van der Waals surface area contributed by atoms with E-state index in [2.05, 4.69) is 11.8 Å². The van der Waals surface area contributed by atoms with E-state index in [4.69, 9.17) is 9.15 Å². The number of methoxy groups -OCH3 is 1. The number of rotatable bonds is 6. The van der Waals surface area contributed by atoms with Crippen LogP contribution in [0.2, 0.25) is 0 Å². The summed E-state index contributed by atoms with van der Waals surface area (Å²) in [5.74, 6) is -0.229. The minimum absolute atomic E-state index is 0.0714. The fraction of sp³-hybridized carbons (Fsp3) is 0.500. The maximum Gasteiger partial charge on any atom is 0.372 e. The van der Waals surface area contributed by atoms with Gasteiger partial charge in [0.25, 0.3) is 0 Å². The van der Waals surface area contributed by atoms with Crippen LogP contribution in [0.15, 0.2) is 16.5 Å². The van der Waals surface area contributed by atoms with Crippen LogP contribution in [0.3, 0.4) is 0 Å². The first kappa shape index (κ1) is 15.7. The largest absolute Gasteiger partial charge is 0.497 e. The van der Waals surface area contributed by atoms with E-state index in [9.17, 15) is 9.90 Å². The van der Waals surface area contributed by atoms with Gasteiger partial charge in [-0.25, -0.2) is 4.79 Å². The molecule has 0 spiro atoms. The number of carboxylic acid groups (broad SMARTS) is 1. The van der Waals surface area contributed by atoms with Crippen molar-refractivity contribution in [1.82, 2.24) is 0 Å². The maximum absolute atomic E-state index is 11.6. The van der Waals surface area contributed by atoms with E-state index in [0.29, 0.717) is 11.3 Å². The van der Waals surface area contributed by atoms with Crippen LogP contribution >= 0.6 is 0 Å². The Labute approximate surface area is 135 Å². The Morgan fingerprint density at radius 3 is 2.70 bits per heavy atom. The second-order valence-corrected chi connectivity index (χ2v) is 6.03. The van der Waals surface area contributed by atoms with Gasteiger partial charge in [-0.05, 0) is 25.7 Å². The van der Waals surface area contributed by atoms with E-state index in [1.807, 2.05) is 6.07 Å². The number of furan rings is 1. The van der Waals surface area contributed by atoms with Crippen molar-refractivity contribution < 1.29 is 19.1 Å². The quantitative estimate of drug-likeness (QED) is 0.869. The van der Waals surface area contributed by atoms with E-state index in [-0.39, 0.29) is 5.76 Å². The van der Waals surface area contributed by atoms with Gasteiger partial charge < -0.3 is 19.2 Å². The van der Waals surface area contributed by atoms with E-state index in [0.717, 1.165) is 61.8 Å². The monoisotopic (exact) mass is 317 g/mol. The highest BCUT2D eigenvalue weighted by Crippen LogP contribution is 2.39. The Kier molecular flexibility index (Phi) is 4.46. The zero-order valence-corrected chi connectivity index (χ0v) is 13.7. The SMILES string of the molecule is CCCCc1c(C(=O)O)oc2cc(OC)cc(N3CCCC3)c12. The Morgan fingerprint density at radius 1 is 1.35 bits per heavy atom. The van der Waals surface area contributed by atoms with Gasteiger partial charge in [0.1, 0.15) is 11.3 Å². The van der Waals surface area contributed by atoms with Crippen LogP contribution in [0.5, 0.6) is 5.75 Å². The fourth-order valence-electron chi connectivity index (χ4n) is 3.34. The zero-order chi connectivity index (χ0) is 16.4. The summed E-state index contributed by atoms with van der Waals surface area (Å²) in [7, 11) is 1.62. The summed E-state index contributed by atoms with van der Waals surface area (Å²) < 4.78 is 11.1. The van der Waals surface area contributed by atoms with E-state index in [1.54, 1.807) is 13.2 Å². The molecule has 5 heteroatoms. The minimum Gasteiger partial charge on any atom is -0.497 e. The highest BCUT2D eigenvalue weighted by molar-refractivity contribution is 6.02. The third kappa shape index (κ3) is 2.87. The van der Waals surface area contributed by atoms with E-state index < -0.39 is 5.97 Å². The molecule has 0 atom stereocenters. The lowest BCUT2D eigenvalue weighted by molar-refractivity contribution is 0.0663. The topological polar surface area (TPSA) is 62.9 Å². The van der Waals surface area contributed by atoms with Gasteiger partial charge in [0, 0.05) is 36.2 Å². The molecule has 1 aromatic heterocycles. The molecule has 0 amide bonds. The van der Waals surface area contributed by atoms with Crippen molar-refractivity contribution >= 4 is 22.6 Å². The summed E-state index contributed by atoms with van der Waals surface area (Å²) in [5.41, 5.74) is 2.47. The van der Waals surface area contributed by atoms with Gasteiger partial charge in [-0.2, -0.15) is 0 Å². The number of carbonyl (C=O) groups is 1. The number of aryl methyl sites for hydroxylation is 1. The van der Waals surface area contributed by atoms with Gasteiger partial charge in [-0.3, -0.25) is 0 Å². The van der Waals surface area contributed by atoms with Gasteiger partial charge in [0.2, 0.25) is 5.76 Å². The molecule has 1 N–H and O–H groups in total. The van der Waals surface area contributed by atoms with Crippen molar-refractivity contribution in [3.05, 3.63) is 23.5 Å². The molecule has 1 fully saturated rings. The lowest BCUT2D eigenvalue weighted by Gasteiger charge is -2.20. The van der Waals surface area contributed by atoms with Crippen molar-refractivity contribution in [3.8, 4) is 5.75 Å². The number of benzene rings is 1. The molecule has 3 rings (SSSR count). The van der Waals surface area contributed by atoms with Crippen molar-refractivity contribution in [2.24, 2.45) is 0 Å². The lowest BCUT2D eigenvalue weighted by Crippen LogP contribution is -2.18. The molecule has 2 aromatic rings. The third-order valence-electron chi connectivity index (χ3n) is 4.50. The smallest absolute Gasteiger partial charge is 0.372 e. The van der Waals surface area contributed by atoms with Crippen molar-refractivity contribution in [3.63, 3.8) is 0 Å². The van der Waals surface area contributed by atoms with Crippen LogP contribution in [-0.2, 0) is 6.42 Å². The predicted molar refractivity (Wildman–Crippen MR) is 89.8 cm³/mol. The fourth-order valence-corrected chi connectivity index (χ4v) is 3.34. The minimum atomic E-state index is -1.00. The first-order valence-corrected chi connectivity index (χ1v) is 8.27. The van der Waals surface area contributed by atoms with Crippen LogP contribution in [0, 0.1) is 0 Å². The van der Waals surface area contributed by atoms with Gasteiger partial charge in [0.05, 0.1) is 12.8 Å². The van der Waals surface area contributed by atoms with Crippen LogP contribution in [-0.4, -0.2) is 31.3 Å². The Hall–Kier alpha value is -2.17. The summed E-state index contributed by atoms with van der Waals surface area (Å²) in [6, 6.07) is 3.79. The summed E-state index contributed by atoms with van der Waals surface area (Å²) in [6.07, 6.45) is 5.00. The Morgan fingerprint density at radius 2 is 2.09 bits per heavy atom. The summed E-state index contributed by atoms with van der Waals surface area (Å²) in [6.45, 7) is 4.08. The zero-order valence-electron chi connectivity index (χ0n) is 13.7. The van der Waals surface area contributed by atoms with Crippen LogP contribution in [0.25, 0.3) is 11.0 Å². The first-order chi connectivity index (χ1) is 11.2. The van der Waals surface area contributed by atoms with Crippen LogP contribution < -0.4 is 9.64 Å². The number of ether oxygens (including phenoxy) is 1. The molecular weight excluding hydrogens is 294 g/mol. The number of nitrogens with zero attached hydrogens (tertiary/aromatic N) is 1. The number of carboxylic acids is 1. The summed E-state index contributed by atoms with van der Waals surface area (Å²) >= 11 is 0. The third-order valence-corrected chi connectivity index (χ3v) is 4.50. The van der Waals surface area contributed by atoms with Crippen molar-refractivity contribution in [1.29, 1.82) is 0 Å². The predicted octanol–water partition coefficient (Wildman–Crippen LogP) is 4.08. The average molecular weight is 317 g/mol. The molecule has 0 unspecified atom stereocenters. The molecule has 1 aliphatic heterocycles. The standard InChI is InChI=1S/C18H23NO4/c1-3-4-7-13-16-14(19-8-5-6-9-19)10-12(22-2)11-15(16)23-17(13)18(20)21/h10-11H,3-9H2,1-2H3,(H,20,21). The molecule has 1 aliphatic rings. The van der Waals surface area contributed by atoms with Gasteiger partial charge in [0.15, 0.2) is 0 Å². The normalized spacial score (nSPS) is 14.6. The average Bonchev–Trinajstić information content (AvgIpc) is 3.19. The maximum atomic E-state index is 11.6. The molecule has 124 valence electrons. The highest BCUT2D eigenvalue weighted by atomic mass is 16.5. The molecular formula is C18H23NO4. The number of hydrogen-bond donors (Lipinski definition) is 1. The number of unbranched alkanes of at least 4 members (excludes halogenated alkanes) is 1.